The van der Waals surface area contributed by atoms with Crippen LogP contribution in [0.15, 0.2) is 18.2 Å². The highest BCUT2D eigenvalue weighted by Gasteiger charge is 2.36. The SMILES string of the molecule is CC(C)(C)OC(=O)NCC1(NC(=O)CCc2cccc(F)c2F)CCCC1. The summed E-state index contributed by atoms with van der Waals surface area (Å²) in [7, 11) is 0. The lowest BCUT2D eigenvalue weighted by Gasteiger charge is -2.31. The number of carbonyl (C=O) groups is 2. The first-order valence-electron chi connectivity index (χ1n) is 9.31. The molecule has 5 nitrogen and oxygen atoms in total. The van der Waals surface area contributed by atoms with Gasteiger partial charge in [0.05, 0.1) is 5.54 Å². The fourth-order valence-corrected chi connectivity index (χ4v) is 3.30. The molecule has 0 bridgehead atoms. The second-order valence-corrected chi connectivity index (χ2v) is 8.10. The standard InChI is InChI=1S/C20H28F2N2O3/c1-19(2,3)27-18(26)23-13-20(11-4-5-12-20)24-16(25)10-9-14-7-6-8-15(21)17(14)22/h6-8H,4-5,9-13H2,1-3H3,(H,23,26)(H,24,25). The van der Waals surface area contributed by atoms with E-state index in [9.17, 15) is 18.4 Å². The number of hydrogen-bond donors (Lipinski definition) is 2. The summed E-state index contributed by atoms with van der Waals surface area (Å²) >= 11 is 0. The lowest BCUT2D eigenvalue weighted by molar-refractivity contribution is -0.123. The summed E-state index contributed by atoms with van der Waals surface area (Å²) < 4.78 is 32.2. The van der Waals surface area contributed by atoms with E-state index in [-0.39, 0.29) is 30.9 Å². The number of alkyl carbamates (subject to hydrolysis) is 1. The van der Waals surface area contributed by atoms with E-state index in [4.69, 9.17) is 4.74 Å². The molecule has 0 saturated heterocycles. The van der Waals surface area contributed by atoms with Crippen LogP contribution in [0, 0.1) is 11.6 Å². The zero-order valence-electron chi connectivity index (χ0n) is 16.2. The molecule has 1 saturated carbocycles. The van der Waals surface area contributed by atoms with Crippen LogP contribution in [-0.2, 0) is 16.0 Å². The second kappa shape index (κ2) is 8.67. The Labute approximate surface area is 158 Å². The molecule has 0 radical (unpaired) electrons. The third kappa shape index (κ3) is 6.48. The van der Waals surface area contributed by atoms with Gasteiger partial charge >= 0.3 is 6.09 Å². The molecule has 27 heavy (non-hydrogen) atoms. The van der Waals surface area contributed by atoms with Gasteiger partial charge in [-0.25, -0.2) is 13.6 Å². The molecule has 1 aromatic carbocycles. The average molecular weight is 382 g/mol. The van der Waals surface area contributed by atoms with Crippen molar-refractivity contribution in [3.63, 3.8) is 0 Å². The number of rotatable bonds is 6. The quantitative estimate of drug-likeness (QED) is 0.785. The number of halogens is 2. The zero-order chi connectivity index (χ0) is 20.1. The highest BCUT2D eigenvalue weighted by Crippen LogP contribution is 2.29. The summed E-state index contributed by atoms with van der Waals surface area (Å²) in [6, 6.07) is 3.95. The summed E-state index contributed by atoms with van der Waals surface area (Å²) in [5.41, 5.74) is -0.933. The van der Waals surface area contributed by atoms with Crippen molar-refractivity contribution in [1.29, 1.82) is 0 Å². The maximum atomic E-state index is 13.7. The van der Waals surface area contributed by atoms with Gasteiger partial charge in [-0.1, -0.05) is 25.0 Å². The highest BCUT2D eigenvalue weighted by molar-refractivity contribution is 5.77. The van der Waals surface area contributed by atoms with Crippen molar-refractivity contribution in [2.45, 2.75) is 70.4 Å². The lowest BCUT2D eigenvalue weighted by Crippen LogP contribution is -2.54. The first-order chi connectivity index (χ1) is 12.6. The van der Waals surface area contributed by atoms with Crippen LogP contribution >= 0.6 is 0 Å². The van der Waals surface area contributed by atoms with Crippen molar-refractivity contribution in [3.8, 4) is 0 Å². The van der Waals surface area contributed by atoms with Crippen molar-refractivity contribution < 1.29 is 23.1 Å². The minimum Gasteiger partial charge on any atom is -0.444 e. The molecule has 2 N–H and O–H groups in total. The van der Waals surface area contributed by atoms with E-state index in [0.29, 0.717) is 0 Å². The number of benzene rings is 1. The Bertz CT molecular complexity index is 680. The number of aryl methyl sites for hydroxylation is 1. The smallest absolute Gasteiger partial charge is 0.407 e. The Balaban J connectivity index is 1.89. The Morgan fingerprint density at radius 1 is 1.19 bits per heavy atom. The maximum absolute atomic E-state index is 13.7. The molecule has 0 atom stereocenters. The van der Waals surface area contributed by atoms with Crippen LogP contribution in [-0.4, -0.2) is 29.7 Å². The van der Waals surface area contributed by atoms with Gasteiger partial charge in [0.15, 0.2) is 11.6 Å². The molecule has 0 aliphatic heterocycles. The molecular formula is C20H28F2N2O3. The van der Waals surface area contributed by atoms with Crippen molar-refractivity contribution >= 4 is 12.0 Å². The molecule has 0 spiro atoms. The van der Waals surface area contributed by atoms with Crippen LogP contribution in [0.25, 0.3) is 0 Å². The monoisotopic (exact) mass is 382 g/mol. The van der Waals surface area contributed by atoms with Crippen LogP contribution in [0.1, 0.15) is 58.4 Å². The third-order valence-electron chi connectivity index (χ3n) is 4.59. The number of carbonyl (C=O) groups excluding carboxylic acids is 2. The number of ether oxygens (including phenoxy) is 1. The first-order valence-corrected chi connectivity index (χ1v) is 9.31. The van der Waals surface area contributed by atoms with Gasteiger partial charge < -0.3 is 15.4 Å². The van der Waals surface area contributed by atoms with E-state index in [1.54, 1.807) is 20.8 Å². The zero-order valence-corrected chi connectivity index (χ0v) is 16.2. The summed E-state index contributed by atoms with van der Waals surface area (Å²) in [5, 5.41) is 5.72. The van der Waals surface area contributed by atoms with Crippen LogP contribution in [0.5, 0.6) is 0 Å². The van der Waals surface area contributed by atoms with Gasteiger partial charge in [0.1, 0.15) is 5.60 Å². The molecule has 1 aliphatic carbocycles. The topological polar surface area (TPSA) is 67.4 Å². The number of nitrogens with one attached hydrogen (secondary N) is 2. The summed E-state index contributed by atoms with van der Waals surface area (Å²) in [5.74, 6) is -2.07. The van der Waals surface area contributed by atoms with Crippen LogP contribution in [0.3, 0.4) is 0 Å². The minimum absolute atomic E-state index is 0.0502. The predicted octanol–water partition coefficient (Wildman–Crippen LogP) is 3.85. The van der Waals surface area contributed by atoms with Gasteiger partial charge in [0.25, 0.3) is 0 Å². The molecule has 1 aromatic rings. The Hall–Kier alpha value is -2.18. The molecule has 1 aliphatic rings. The summed E-state index contributed by atoms with van der Waals surface area (Å²) in [4.78, 5) is 24.3. The van der Waals surface area contributed by atoms with Gasteiger partial charge in [-0.3, -0.25) is 4.79 Å². The van der Waals surface area contributed by atoms with E-state index in [1.165, 1.54) is 12.1 Å². The molecule has 2 rings (SSSR count). The third-order valence-corrected chi connectivity index (χ3v) is 4.59. The van der Waals surface area contributed by atoms with E-state index < -0.39 is 28.9 Å². The molecule has 0 unspecified atom stereocenters. The molecular weight excluding hydrogens is 354 g/mol. The van der Waals surface area contributed by atoms with Crippen molar-refractivity contribution in [3.05, 3.63) is 35.4 Å². The van der Waals surface area contributed by atoms with Gasteiger partial charge in [-0.05, 0) is 51.7 Å². The van der Waals surface area contributed by atoms with Crippen LogP contribution in [0.4, 0.5) is 13.6 Å². The highest BCUT2D eigenvalue weighted by atomic mass is 19.2. The molecule has 1 fully saturated rings. The second-order valence-electron chi connectivity index (χ2n) is 8.10. The average Bonchev–Trinajstić information content (AvgIpc) is 3.02. The predicted molar refractivity (Wildman–Crippen MR) is 98.3 cm³/mol. The minimum atomic E-state index is -0.915. The Kier molecular flexibility index (Phi) is 6.78. The van der Waals surface area contributed by atoms with Crippen molar-refractivity contribution in [2.75, 3.05) is 6.54 Å². The van der Waals surface area contributed by atoms with Crippen molar-refractivity contribution in [2.24, 2.45) is 0 Å². The lowest BCUT2D eigenvalue weighted by atomic mass is 9.96. The largest absolute Gasteiger partial charge is 0.444 e. The van der Waals surface area contributed by atoms with E-state index in [0.717, 1.165) is 31.7 Å². The van der Waals surface area contributed by atoms with Crippen LogP contribution in [0.2, 0.25) is 0 Å². The van der Waals surface area contributed by atoms with Crippen LogP contribution < -0.4 is 10.6 Å². The molecule has 7 heteroatoms. The fourth-order valence-electron chi connectivity index (χ4n) is 3.30. The molecule has 2 amide bonds. The van der Waals surface area contributed by atoms with Gasteiger partial charge in [0, 0.05) is 13.0 Å². The fraction of sp³-hybridized carbons (Fsp3) is 0.600. The number of hydrogen-bond acceptors (Lipinski definition) is 3. The normalized spacial score (nSPS) is 16.0. The maximum Gasteiger partial charge on any atom is 0.407 e. The summed E-state index contributed by atoms with van der Waals surface area (Å²) in [6.07, 6.45) is 3.05. The van der Waals surface area contributed by atoms with E-state index >= 15 is 0 Å². The van der Waals surface area contributed by atoms with Crippen molar-refractivity contribution in [1.82, 2.24) is 10.6 Å². The number of amides is 2. The van der Waals surface area contributed by atoms with E-state index in [1.807, 2.05) is 0 Å². The Morgan fingerprint density at radius 3 is 2.48 bits per heavy atom. The molecule has 0 aromatic heterocycles. The first kappa shape index (κ1) is 21.1. The van der Waals surface area contributed by atoms with E-state index in [2.05, 4.69) is 10.6 Å². The van der Waals surface area contributed by atoms with Gasteiger partial charge in [-0.2, -0.15) is 0 Å². The molecule has 0 heterocycles. The van der Waals surface area contributed by atoms with Gasteiger partial charge in [0.2, 0.25) is 5.91 Å². The Morgan fingerprint density at radius 2 is 1.85 bits per heavy atom. The summed E-state index contributed by atoms with van der Waals surface area (Å²) in [6.45, 7) is 5.63. The van der Waals surface area contributed by atoms with Gasteiger partial charge in [-0.15, -0.1) is 0 Å². The molecule has 150 valence electrons.